The van der Waals surface area contributed by atoms with Crippen LogP contribution in [0.1, 0.15) is 45.4 Å². The van der Waals surface area contributed by atoms with E-state index in [2.05, 4.69) is 32.0 Å². The number of anilines is 1. The second-order valence-electron chi connectivity index (χ2n) is 7.22. The van der Waals surface area contributed by atoms with Crippen LogP contribution in [0.2, 0.25) is 0 Å². The number of likely N-dealkylation sites (tertiary alicyclic amines) is 1. The van der Waals surface area contributed by atoms with E-state index < -0.39 is 0 Å². The SMILES string of the molecule is CCC1CCCCN1CCNC(=O)C1CCCN(c2ncccn2)C1. The summed E-state index contributed by atoms with van der Waals surface area (Å²) in [6.45, 7) is 6.83. The summed E-state index contributed by atoms with van der Waals surface area (Å²) in [5.74, 6) is 0.964. The van der Waals surface area contributed by atoms with E-state index in [1.165, 1.54) is 32.2 Å². The van der Waals surface area contributed by atoms with Crippen LogP contribution in [0.5, 0.6) is 0 Å². The molecular formula is C19H31N5O. The van der Waals surface area contributed by atoms with Crippen LogP contribution in [0.25, 0.3) is 0 Å². The molecule has 6 heteroatoms. The van der Waals surface area contributed by atoms with Gasteiger partial charge in [0, 0.05) is 44.6 Å². The van der Waals surface area contributed by atoms with Crippen LogP contribution in [-0.4, -0.2) is 59.5 Å². The Balaban J connectivity index is 1.44. The number of amides is 1. The summed E-state index contributed by atoms with van der Waals surface area (Å²) in [4.78, 5) is 25.9. The van der Waals surface area contributed by atoms with Crippen LogP contribution in [0.15, 0.2) is 18.5 Å². The first kappa shape index (κ1) is 18.1. The van der Waals surface area contributed by atoms with Gasteiger partial charge >= 0.3 is 0 Å². The van der Waals surface area contributed by atoms with Crippen molar-refractivity contribution in [2.45, 2.75) is 51.5 Å². The van der Waals surface area contributed by atoms with Crippen molar-refractivity contribution in [1.29, 1.82) is 0 Å². The van der Waals surface area contributed by atoms with Gasteiger partial charge in [-0.15, -0.1) is 0 Å². The minimum absolute atomic E-state index is 0.0425. The molecule has 2 aliphatic heterocycles. The number of rotatable bonds is 6. The van der Waals surface area contributed by atoms with E-state index >= 15 is 0 Å². The molecule has 6 nitrogen and oxygen atoms in total. The van der Waals surface area contributed by atoms with Gasteiger partial charge in [-0.3, -0.25) is 9.69 Å². The van der Waals surface area contributed by atoms with Crippen LogP contribution in [0, 0.1) is 5.92 Å². The maximum absolute atomic E-state index is 12.6. The smallest absolute Gasteiger partial charge is 0.225 e. The largest absolute Gasteiger partial charge is 0.355 e. The van der Waals surface area contributed by atoms with Gasteiger partial charge in [-0.1, -0.05) is 13.3 Å². The minimum atomic E-state index is 0.0425. The summed E-state index contributed by atoms with van der Waals surface area (Å²) in [5, 5.41) is 3.17. The van der Waals surface area contributed by atoms with Gasteiger partial charge in [0.05, 0.1) is 5.92 Å². The van der Waals surface area contributed by atoms with Crippen molar-refractivity contribution in [3.05, 3.63) is 18.5 Å². The van der Waals surface area contributed by atoms with Gasteiger partial charge in [0.15, 0.2) is 0 Å². The highest BCUT2D eigenvalue weighted by atomic mass is 16.1. The average molecular weight is 345 g/mol. The third-order valence-corrected chi connectivity index (χ3v) is 5.55. The molecule has 2 atom stereocenters. The van der Waals surface area contributed by atoms with Crippen molar-refractivity contribution in [2.24, 2.45) is 5.92 Å². The highest BCUT2D eigenvalue weighted by Crippen LogP contribution is 2.21. The number of aromatic nitrogens is 2. The molecule has 2 unspecified atom stereocenters. The Hall–Kier alpha value is -1.69. The van der Waals surface area contributed by atoms with Crippen molar-refractivity contribution < 1.29 is 4.79 Å². The molecule has 0 spiro atoms. The highest BCUT2D eigenvalue weighted by Gasteiger charge is 2.27. The molecule has 0 aliphatic carbocycles. The maximum Gasteiger partial charge on any atom is 0.225 e. The van der Waals surface area contributed by atoms with E-state index in [4.69, 9.17) is 0 Å². The lowest BCUT2D eigenvalue weighted by Gasteiger charge is -2.35. The van der Waals surface area contributed by atoms with Crippen molar-refractivity contribution in [3.8, 4) is 0 Å². The Bertz CT molecular complexity index is 538. The molecule has 2 fully saturated rings. The molecule has 0 bridgehead atoms. The fraction of sp³-hybridized carbons (Fsp3) is 0.737. The fourth-order valence-electron chi connectivity index (χ4n) is 4.11. The number of piperidine rings is 2. The number of carbonyl (C=O) groups excluding carboxylic acids is 1. The molecule has 1 amide bonds. The zero-order valence-electron chi connectivity index (χ0n) is 15.4. The molecule has 3 rings (SSSR count). The Labute approximate surface area is 151 Å². The fourth-order valence-corrected chi connectivity index (χ4v) is 4.11. The number of nitrogens with zero attached hydrogens (tertiary/aromatic N) is 4. The zero-order chi connectivity index (χ0) is 17.5. The minimum Gasteiger partial charge on any atom is -0.355 e. The van der Waals surface area contributed by atoms with E-state index in [-0.39, 0.29) is 11.8 Å². The summed E-state index contributed by atoms with van der Waals surface area (Å²) >= 11 is 0. The normalized spacial score (nSPS) is 24.9. The first-order valence-electron chi connectivity index (χ1n) is 9.81. The number of hydrogen-bond donors (Lipinski definition) is 1. The quantitative estimate of drug-likeness (QED) is 0.855. The summed E-state index contributed by atoms with van der Waals surface area (Å²) < 4.78 is 0. The molecule has 0 radical (unpaired) electrons. The monoisotopic (exact) mass is 345 g/mol. The molecule has 138 valence electrons. The van der Waals surface area contributed by atoms with Crippen LogP contribution >= 0.6 is 0 Å². The van der Waals surface area contributed by atoms with E-state index in [1.54, 1.807) is 12.4 Å². The molecule has 3 heterocycles. The second kappa shape index (κ2) is 9.13. The molecule has 1 aromatic rings. The Morgan fingerprint density at radius 1 is 1.20 bits per heavy atom. The highest BCUT2D eigenvalue weighted by molar-refractivity contribution is 5.79. The lowest BCUT2D eigenvalue weighted by Crippen LogP contribution is -2.47. The lowest BCUT2D eigenvalue weighted by atomic mass is 9.97. The summed E-state index contributed by atoms with van der Waals surface area (Å²) in [6, 6.07) is 2.52. The number of hydrogen-bond acceptors (Lipinski definition) is 5. The Morgan fingerprint density at radius 2 is 2.04 bits per heavy atom. The van der Waals surface area contributed by atoms with Crippen molar-refractivity contribution >= 4 is 11.9 Å². The van der Waals surface area contributed by atoms with Gasteiger partial charge < -0.3 is 10.2 Å². The van der Waals surface area contributed by atoms with Gasteiger partial charge in [-0.05, 0) is 44.7 Å². The van der Waals surface area contributed by atoms with Gasteiger partial charge in [0.2, 0.25) is 11.9 Å². The van der Waals surface area contributed by atoms with E-state index in [0.717, 1.165) is 45.0 Å². The molecule has 1 aromatic heterocycles. The number of nitrogens with one attached hydrogen (secondary N) is 1. The van der Waals surface area contributed by atoms with Crippen LogP contribution in [0.3, 0.4) is 0 Å². The topological polar surface area (TPSA) is 61.4 Å². The van der Waals surface area contributed by atoms with Crippen molar-refractivity contribution in [1.82, 2.24) is 20.2 Å². The third kappa shape index (κ3) is 4.91. The van der Waals surface area contributed by atoms with E-state index in [9.17, 15) is 4.79 Å². The second-order valence-corrected chi connectivity index (χ2v) is 7.22. The number of carbonyl (C=O) groups is 1. The zero-order valence-corrected chi connectivity index (χ0v) is 15.4. The standard InChI is InChI=1S/C19H31N5O/c1-2-17-8-3-4-12-23(17)14-11-20-18(25)16-7-5-13-24(15-16)19-21-9-6-10-22-19/h6,9-10,16-17H,2-5,7-8,11-15H2,1H3,(H,20,25). The van der Waals surface area contributed by atoms with Crippen LogP contribution in [-0.2, 0) is 4.79 Å². The third-order valence-electron chi connectivity index (χ3n) is 5.55. The summed E-state index contributed by atoms with van der Waals surface area (Å²) in [6.07, 6.45) is 10.6. The van der Waals surface area contributed by atoms with Gasteiger partial charge in [0.25, 0.3) is 0 Å². The predicted molar refractivity (Wildman–Crippen MR) is 99.5 cm³/mol. The predicted octanol–water partition coefficient (Wildman–Crippen LogP) is 2.07. The molecule has 0 aromatic carbocycles. The molecule has 2 aliphatic rings. The summed E-state index contributed by atoms with van der Waals surface area (Å²) in [5.41, 5.74) is 0. The van der Waals surface area contributed by atoms with Gasteiger partial charge in [-0.2, -0.15) is 0 Å². The Kier molecular flexibility index (Phi) is 6.62. The molecule has 2 saturated heterocycles. The van der Waals surface area contributed by atoms with Gasteiger partial charge in [-0.25, -0.2) is 9.97 Å². The molecule has 0 saturated carbocycles. The first-order chi connectivity index (χ1) is 12.3. The molecular weight excluding hydrogens is 314 g/mol. The van der Waals surface area contributed by atoms with E-state index in [0.29, 0.717) is 6.04 Å². The van der Waals surface area contributed by atoms with Crippen molar-refractivity contribution in [3.63, 3.8) is 0 Å². The average Bonchev–Trinajstić information content (AvgIpc) is 2.69. The molecule has 25 heavy (non-hydrogen) atoms. The van der Waals surface area contributed by atoms with Crippen LogP contribution in [0.4, 0.5) is 5.95 Å². The lowest BCUT2D eigenvalue weighted by molar-refractivity contribution is -0.125. The van der Waals surface area contributed by atoms with Crippen LogP contribution < -0.4 is 10.2 Å². The molecule has 1 N–H and O–H groups in total. The maximum atomic E-state index is 12.6. The first-order valence-corrected chi connectivity index (χ1v) is 9.81. The van der Waals surface area contributed by atoms with E-state index in [1.807, 2.05) is 6.07 Å². The Morgan fingerprint density at radius 3 is 2.84 bits per heavy atom. The summed E-state index contributed by atoms with van der Waals surface area (Å²) in [7, 11) is 0. The van der Waals surface area contributed by atoms with Crippen molar-refractivity contribution in [2.75, 3.05) is 37.6 Å². The van der Waals surface area contributed by atoms with Gasteiger partial charge in [0.1, 0.15) is 0 Å².